The molecule has 2 aromatic rings. The standard InChI is InChI=1S/C20H25N3O3/c1-23(2)16-6-4-5-13(9-16)20(25)22-19(15-10-17(24)11-15)14-7-8-18(26-3)21-12-14/h4-9,12,15,17,19,24H,10-11H2,1-3H3,(H,22,25)/t15?,17?,19-/m1/s1. The molecule has 1 aliphatic carbocycles. The third kappa shape index (κ3) is 3.96. The van der Waals surface area contributed by atoms with E-state index >= 15 is 0 Å². The van der Waals surface area contributed by atoms with Crippen molar-refractivity contribution < 1.29 is 14.6 Å². The van der Waals surface area contributed by atoms with Crippen LogP contribution >= 0.6 is 0 Å². The van der Waals surface area contributed by atoms with Gasteiger partial charge in [0.1, 0.15) is 0 Å². The van der Waals surface area contributed by atoms with E-state index in [0.717, 1.165) is 11.3 Å². The number of pyridine rings is 1. The molecule has 1 aliphatic rings. The van der Waals surface area contributed by atoms with Crippen molar-refractivity contribution in [1.29, 1.82) is 0 Å². The molecule has 0 radical (unpaired) electrons. The predicted octanol–water partition coefficient (Wildman–Crippen LogP) is 2.40. The van der Waals surface area contributed by atoms with Crippen molar-refractivity contribution in [3.05, 3.63) is 53.7 Å². The maximum Gasteiger partial charge on any atom is 0.251 e. The van der Waals surface area contributed by atoms with Crippen LogP contribution in [0.2, 0.25) is 0 Å². The number of ether oxygens (including phenoxy) is 1. The topological polar surface area (TPSA) is 74.7 Å². The summed E-state index contributed by atoms with van der Waals surface area (Å²) in [6.45, 7) is 0. The molecule has 6 nitrogen and oxygen atoms in total. The van der Waals surface area contributed by atoms with Crippen molar-refractivity contribution in [3.8, 4) is 5.88 Å². The fourth-order valence-electron chi connectivity index (χ4n) is 3.22. The van der Waals surface area contributed by atoms with E-state index in [1.54, 1.807) is 25.4 Å². The maximum atomic E-state index is 12.8. The first kappa shape index (κ1) is 18.2. The van der Waals surface area contributed by atoms with Crippen LogP contribution in [0.3, 0.4) is 0 Å². The Hall–Kier alpha value is -2.60. The number of methoxy groups -OCH3 is 1. The summed E-state index contributed by atoms with van der Waals surface area (Å²) < 4.78 is 5.11. The van der Waals surface area contributed by atoms with Gasteiger partial charge in [0.15, 0.2) is 0 Å². The van der Waals surface area contributed by atoms with Gasteiger partial charge in [0.05, 0.1) is 19.3 Å². The van der Waals surface area contributed by atoms with Crippen LogP contribution in [-0.2, 0) is 0 Å². The lowest BCUT2D eigenvalue weighted by molar-refractivity contribution is 0.0234. The minimum Gasteiger partial charge on any atom is -0.481 e. The second-order valence-electron chi connectivity index (χ2n) is 6.92. The third-order valence-electron chi connectivity index (χ3n) is 4.86. The van der Waals surface area contributed by atoms with Crippen molar-refractivity contribution in [2.24, 2.45) is 5.92 Å². The smallest absolute Gasteiger partial charge is 0.251 e. The van der Waals surface area contributed by atoms with Gasteiger partial charge in [0, 0.05) is 37.6 Å². The molecule has 0 aliphatic heterocycles. The number of nitrogens with one attached hydrogen (secondary N) is 1. The molecule has 0 spiro atoms. The van der Waals surface area contributed by atoms with E-state index in [1.165, 1.54) is 0 Å². The van der Waals surface area contributed by atoms with E-state index in [1.807, 2.05) is 43.3 Å². The quantitative estimate of drug-likeness (QED) is 0.832. The highest BCUT2D eigenvalue weighted by atomic mass is 16.5. The number of aliphatic hydroxyl groups is 1. The number of aliphatic hydroxyl groups excluding tert-OH is 1. The van der Waals surface area contributed by atoms with Crippen molar-refractivity contribution in [2.45, 2.75) is 25.0 Å². The SMILES string of the molecule is COc1ccc([C@@H](NC(=O)c2cccc(N(C)C)c2)C2CC(O)C2)cn1. The van der Waals surface area contributed by atoms with Crippen molar-refractivity contribution in [3.63, 3.8) is 0 Å². The van der Waals surface area contributed by atoms with Crippen LogP contribution < -0.4 is 15.0 Å². The van der Waals surface area contributed by atoms with Gasteiger partial charge < -0.3 is 20.1 Å². The van der Waals surface area contributed by atoms with Crippen molar-refractivity contribution in [1.82, 2.24) is 10.3 Å². The number of hydrogen-bond acceptors (Lipinski definition) is 5. The minimum absolute atomic E-state index is 0.129. The molecule has 26 heavy (non-hydrogen) atoms. The lowest BCUT2D eigenvalue weighted by Crippen LogP contribution is -2.41. The van der Waals surface area contributed by atoms with Gasteiger partial charge in [-0.05, 0) is 42.5 Å². The fourth-order valence-corrected chi connectivity index (χ4v) is 3.22. The van der Waals surface area contributed by atoms with E-state index in [4.69, 9.17) is 4.74 Å². The van der Waals surface area contributed by atoms with Gasteiger partial charge in [-0.25, -0.2) is 4.98 Å². The number of carbonyl (C=O) groups excluding carboxylic acids is 1. The average Bonchev–Trinajstić information content (AvgIpc) is 2.64. The molecule has 1 saturated carbocycles. The summed E-state index contributed by atoms with van der Waals surface area (Å²) in [5, 5.41) is 12.8. The molecule has 2 N–H and O–H groups in total. The summed E-state index contributed by atoms with van der Waals surface area (Å²) >= 11 is 0. The summed E-state index contributed by atoms with van der Waals surface area (Å²) in [6.07, 6.45) is 2.79. The van der Waals surface area contributed by atoms with Gasteiger partial charge >= 0.3 is 0 Å². The van der Waals surface area contributed by atoms with Gasteiger partial charge in [0.25, 0.3) is 5.91 Å². The van der Waals surface area contributed by atoms with E-state index in [2.05, 4.69) is 10.3 Å². The van der Waals surface area contributed by atoms with Crippen LogP contribution in [0, 0.1) is 5.92 Å². The molecule has 138 valence electrons. The molecule has 1 aromatic heterocycles. The van der Waals surface area contributed by atoms with Crippen molar-refractivity contribution >= 4 is 11.6 Å². The Bertz CT molecular complexity index is 755. The molecule has 1 aromatic carbocycles. The maximum absolute atomic E-state index is 12.8. The number of benzene rings is 1. The number of nitrogens with zero attached hydrogens (tertiary/aromatic N) is 2. The van der Waals surface area contributed by atoms with E-state index in [-0.39, 0.29) is 24.0 Å². The van der Waals surface area contributed by atoms with Gasteiger partial charge in [-0.2, -0.15) is 0 Å². The van der Waals surface area contributed by atoms with Crippen LogP contribution in [0.4, 0.5) is 5.69 Å². The first-order valence-corrected chi connectivity index (χ1v) is 8.74. The summed E-state index contributed by atoms with van der Waals surface area (Å²) in [5.74, 6) is 0.600. The summed E-state index contributed by atoms with van der Waals surface area (Å²) in [5.41, 5.74) is 2.50. The second kappa shape index (κ2) is 7.74. The first-order chi connectivity index (χ1) is 12.5. The Morgan fingerprint density at radius 3 is 2.65 bits per heavy atom. The largest absolute Gasteiger partial charge is 0.481 e. The molecule has 0 bridgehead atoms. The molecular weight excluding hydrogens is 330 g/mol. The van der Waals surface area contributed by atoms with Gasteiger partial charge in [-0.15, -0.1) is 0 Å². The fraction of sp³-hybridized carbons (Fsp3) is 0.400. The second-order valence-corrected chi connectivity index (χ2v) is 6.92. The van der Waals surface area contributed by atoms with Crippen LogP contribution in [0.1, 0.15) is 34.8 Å². The average molecular weight is 355 g/mol. The number of hydrogen-bond donors (Lipinski definition) is 2. The van der Waals surface area contributed by atoms with E-state index in [0.29, 0.717) is 24.3 Å². The molecule has 6 heteroatoms. The van der Waals surface area contributed by atoms with Crippen molar-refractivity contribution in [2.75, 3.05) is 26.1 Å². The third-order valence-corrected chi connectivity index (χ3v) is 4.86. The minimum atomic E-state index is -0.289. The highest BCUT2D eigenvalue weighted by Crippen LogP contribution is 2.38. The van der Waals surface area contributed by atoms with Gasteiger partial charge in [-0.1, -0.05) is 12.1 Å². The zero-order valence-electron chi connectivity index (χ0n) is 15.3. The Kier molecular flexibility index (Phi) is 5.42. The zero-order valence-corrected chi connectivity index (χ0v) is 15.3. The molecule has 3 rings (SSSR count). The van der Waals surface area contributed by atoms with Crippen LogP contribution in [0.25, 0.3) is 0 Å². The number of aromatic nitrogens is 1. The summed E-state index contributed by atoms with van der Waals surface area (Å²) in [7, 11) is 5.46. The Morgan fingerprint density at radius 2 is 2.08 bits per heavy atom. The predicted molar refractivity (Wildman–Crippen MR) is 100 cm³/mol. The summed E-state index contributed by atoms with van der Waals surface area (Å²) in [6, 6.07) is 11.0. The number of carbonyl (C=O) groups is 1. The summed E-state index contributed by atoms with van der Waals surface area (Å²) in [4.78, 5) is 19.0. The lowest BCUT2D eigenvalue weighted by Gasteiger charge is -2.38. The molecule has 0 saturated heterocycles. The normalized spacial score (nSPS) is 20.0. The van der Waals surface area contributed by atoms with E-state index in [9.17, 15) is 9.90 Å². The first-order valence-electron chi connectivity index (χ1n) is 8.74. The molecule has 1 atom stereocenters. The molecule has 1 amide bonds. The van der Waals surface area contributed by atoms with Crippen LogP contribution in [0.15, 0.2) is 42.6 Å². The van der Waals surface area contributed by atoms with E-state index < -0.39 is 0 Å². The van der Waals surface area contributed by atoms with Crippen LogP contribution in [0.5, 0.6) is 5.88 Å². The van der Waals surface area contributed by atoms with Gasteiger partial charge in [-0.3, -0.25) is 4.79 Å². The Labute approximate surface area is 153 Å². The van der Waals surface area contributed by atoms with Gasteiger partial charge in [0.2, 0.25) is 5.88 Å². The highest BCUT2D eigenvalue weighted by Gasteiger charge is 2.36. The number of rotatable bonds is 6. The zero-order chi connectivity index (χ0) is 18.7. The monoisotopic (exact) mass is 355 g/mol. The Morgan fingerprint density at radius 1 is 1.31 bits per heavy atom. The lowest BCUT2D eigenvalue weighted by atomic mass is 9.75. The molecule has 0 unspecified atom stereocenters. The molecule has 1 fully saturated rings. The molecular formula is C20H25N3O3. The number of anilines is 1. The number of amides is 1. The highest BCUT2D eigenvalue weighted by molar-refractivity contribution is 5.95. The van der Waals surface area contributed by atoms with Crippen LogP contribution in [-0.4, -0.2) is 43.3 Å². The molecule has 1 heterocycles. The Balaban J connectivity index is 1.81.